The lowest BCUT2D eigenvalue weighted by Crippen LogP contribution is -1.93. The number of hydrogen-bond acceptors (Lipinski definition) is 1. The second-order valence-electron chi connectivity index (χ2n) is 2.99. The van der Waals surface area contributed by atoms with Crippen molar-refractivity contribution in [2.45, 2.75) is 27.2 Å². The molecule has 0 aliphatic heterocycles. The Bertz CT molecular complexity index is 332. The van der Waals surface area contributed by atoms with Gasteiger partial charge in [0.05, 0.1) is 11.6 Å². The van der Waals surface area contributed by atoms with Gasteiger partial charge in [0.25, 0.3) is 0 Å². The lowest BCUT2D eigenvalue weighted by Gasteiger charge is -2.07. The van der Waals surface area contributed by atoms with Gasteiger partial charge in [-0.3, -0.25) is 0 Å². The molecule has 1 aromatic carbocycles. The van der Waals surface area contributed by atoms with Gasteiger partial charge in [-0.15, -0.1) is 0 Å². The van der Waals surface area contributed by atoms with E-state index < -0.39 is 0 Å². The minimum atomic E-state index is 0.796. The molecule has 0 amide bonds. The average molecular weight is 159 g/mol. The maximum absolute atomic E-state index is 8.76. The van der Waals surface area contributed by atoms with Gasteiger partial charge in [0.2, 0.25) is 0 Å². The van der Waals surface area contributed by atoms with E-state index in [0.29, 0.717) is 0 Å². The number of rotatable bonds is 1. The molecule has 0 fully saturated rings. The van der Waals surface area contributed by atoms with E-state index in [9.17, 15) is 0 Å². The molecule has 0 heterocycles. The predicted octanol–water partition coefficient (Wildman–Crippen LogP) is 2.74. The van der Waals surface area contributed by atoms with E-state index in [2.05, 4.69) is 19.9 Å². The van der Waals surface area contributed by atoms with E-state index in [-0.39, 0.29) is 0 Å². The van der Waals surface area contributed by atoms with Crippen LogP contribution >= 0.6 is 0 Å². The third-order valence-electron chi connectivity index (χ3n) is 2.40. The van der Waals surface area contributed by atoms with Crippen LogP contribution in [0.2, 0.25) is 0 Å². The van der Waals surface area contributed by atoms with Crippen LogP contribution in [0, 0.1) is 25.2 Å². The standard InChI is InChI=1S/C11H13N/c1-4-10-5-6-11(7-12)9(3)8(10)2/h5-6H,4H2,1-3H3. The maximum Gasteiger partial charge on any atom is 0.0994 e. The van der Waals surface area contributed by atoms with Gasteiger partial charge in [0.15, 0.2) is 0 Å². The smallest absolute Gasteiger partial charge is 0.0994 e. The van der Waals surface area contributed by atoms with Crippen LogP contribution in [0.5, 0.6) is 0 Å². The first-order chi connectivity index (χ1) is 5.70. The van der Waals surface area contributed by atoms with Crippen LogP contribution in [0.1, 0.15) is 29.2 Å². The third kappa shape index (κ3) is 1.33. The minimum absolute atomic E-state index is 0.796. The fourth-order valence-electron chi connectivity index (χ4n) is 1.38. The SMILES string of the molecule is CCc1ccc(C#N)c(C)c1C. The van der Waals surface area contributed by atoms with Gasteiger partial charge in [-0.1, -0.05) is 13.0 Å². The molecule has 0 radical (unpaired) electrons. The first-order valence-electron chi connectivity index (χ1n) is 4.19. The molecule has 0 saturated heterocycles. The van der Waals surface area contributed by atoms with Crippen molar-refractivity contribution in [1.29, 1.82) is 5.26 Å². The van der Waals surface area contributed by atoms with Crippen molar-refractivity contribution in [3.8, 4) is 6.07 Å². The Balaban J connectivity index is 3.32. The van der Waals surface area contributed by atoms with Crippen molar-refractivity contribution in [3.63, 3.8) is 0 Å². The second-order valence-corrected chi connectivity index (χ2v) is 2.99. The van der Waals surface area contributed by atoms with E-state index in [4.69, 9.17) is 5.26 Å². The van der Waals surface area contributed by atoms with Gasteiger partial charge < -0.3 is 0 Å². The summed E-state index contributed by atoms with van der Waals surface area (Å²) in [7, 11) is 0. The minimum Gasteiger partial charge on any atom is -0.192 e. The zero-order valence-corrected chi connectivity index (χ0v) is 7.81. The van der Waals surface area contributed by atoms with Crippen molar-refractivity contribution in [2.75, 3.05) is 0 Å². The first kappa shape index (κ1) is 8.80. The fraction of sp³-hybridized carbons (Fsp3) is 0.364. The summed E-state index contributed by atoms with van der Waals surface area (Å²) < 4.78 is 0. The van der Waals surface area contributed by atoms with Crippen LogP contribution in [-0.2, 0) is 6.42 Å². The van der Waals surface area contributed by atoms with E-state index >= 15 is 0 Å². The summed E-state index contributed by atoms with van der Waals surface area (Å²) in [6, 6.07) is 6.13. The zero-order chi connectivity index (χ0) is 9.14. The number of hydrogen-bond donors (Lipinski definition) is 0. The lowest BCUT2D eigenvalue weighted by atomic mass is 9.97. The van der Waals surface area contributed by atoms with Crippen LogP contribution in [0.3, 0.4) is 0 Å². The summed E-state index contributed by atoms with van der Waals surface area (Å²) in [5, 5.41) is 8.76. The van der Waals surface area contributed by atoms with E-state index in [1.54, 1.807) is 0 Å². The Labute approximate surface area is 73.6 Å². The van der Waals surface area contributed by atoms with Gasteiger partial charge in [-0.25, -0.2) is 0 Å². The molecule has 0 unspecified atom stereocenters. The molecule has 1 aromatic rings. The Hall–Kier alpha value is -1.29. The topological polar surface area (TPSA) is 23.8 Å². The summed E-state index contributed by atoms with van der Waals surface area (Å²) in [6.07, 6.45) is 1.04. The molecule has 0 N–H and O–H groups in total. The molecule has 0 atom stereocenters. The Morgan fingerprint density at radius 1 is 1.25 bits per heavy atom. The largest absolute Gasteiger partial charge is 0.192 e. The summed E-state index contributed by atoms with van der Waals surface area (Å²) in [4.78, 5) is 0. The summed E-state index contributed by atoms with van der Waals surface area (Å²) in [6.45, 7) is 6.22. The quantitative estimate of drug-likeness (QED) is 0.618. The average Bonchev–Trinajstić information content (AvgIpc) is 2.10. The van der Waals surface area contributed by atoms with E-state index in [1.165, 1.54) is 11.1 Å². The summed E-state index contributed by atoms with van der Waals surface area (Å²) >= 11 is 0. The van der Waals surface area contributed by atoms with Crippen molar-refractivity contribution in [3.05, 3.63) is 34.4 Å². The zero-order valence-electron chi connectivity index (χ0n) is 7.81. The first-order valence-corrected chi connectivity index (χ1v) is 4.19. The Morgan fingerprint density at radius 2 is 1.92 bits per heavy atom. The third-order valence-corrected chi connectivity index (χ3v) is 2.40. The van der Waals surface area contributed by atoms with Gasteiger partial charge in [-0.2, -0.15) is 5.26 Å². The van der Waals surface area contributed by atoms with Crippen molar-refractivity contribution < 1.29 is 0 Å². The molecule has 62 valence electrons. The van der Waals surface area contributed by atoms with Gasteiger partial charge in [0, 0.05) is 0 Å². The van der Waals surface area contributed by atoms with Crippen LogP contribution < -0.4 is 0 Å². The van der Waals surface area contributed by atoms with Crippen molar-refractivity contribution in [2.24, 2.45) is 0 Å². The number of benzene rings is 1. The summed E-state index contributed by atoms with van der Waals surface area (Å²) in [5.41, 5.74) is 4.52. The van der Waals surface area contributed by atoms with Crippen LogP contribution in [0.4, 0.5) is 0 Å². The highest BCUT2D eigenvalue weighted by atomic mass is 14.2. The van der Waals surface area contributed by atoms with Crippen LogP contribution in [0.15, 0.2) is 12.1 Å². The molecule has 0 bridgehead atoms. The molecule has 0 aliphatic carbocycles. The predicted molar refractivity (Wildman–Crippen MR) is 50.0 cm³/mol. The molecule has 0 saturated carbocycles. The Kier molecular flexibility index (Phi) is 2.50. The number of aryl methyl sites for hydroxylation is 1. The molecule has 1 heteroatoms. The van der Waals surface area contributed by atoms with Crippen molar-refractivity contribution in [1.82, 2.24) is 0 Å². The summed E-state index contributed by atoms with van der Waals surface area (Å²) in [5.74, 6) is 0. The fourth-order valence-corrected chi connectivity index (χ4v) is 1.38. The second kappa shape index (κ2) is 3.40. The highest BCUT2D eigenvalue weighted by molar-refractivity contribution is 5.45. The molecular weight excluding hydrogens is 146 g/mol. The van der Waals surface area contributed by atoms with E-state index in [1.807, 2.05) is 19.1 Å². The van der Waals surface area contributed by atoms with Crippen LogP contribution in [-0.4, -0.2) is 0 Å². The van der Waals surface area contributed by atoms with Gasteiger partial charge in [0.1, 0.15) is 0 Å². The highest BCUT2D eigenvalue weighted by Gasteiger charge is 2.03. The van der Waals surface area contributed by atoms with Gasteiger partial charge >= 0.3 is 0 Å². The molecule has 1 nitrogen and oxygen atoms in total. The molecule has 12 heavy (non-hydrogen) atoms. The molecule has 0 aromatic heterocycles. The maximum atomic E-state index is 8.76. The van der Waals surface area contributed by atoms with Gasteiger partial charge in [-0.05, 0) is 43.0 Å². The van der Waals surface area contributed by atoms with Crippen LogP contribution in [0.25, 0.3) is 0 Å². The molecular formula is C11H13N. The Morgan fingerprint density at radius 3 is 2.42 bits per heavy atom. The number of nitrogens with zero attached hydrogens (tertiary/aromatic N) is 1. The molecule has 0 spiro atoms. The lowest BCUT2D eigenvalue weighted by molar-refractivity contribution is 1.09. The molecule has 1 rings (SSSR count). The van der Waals surface area contributed by atoms with Crippen molar-refractivity contribution >= 4 is 0 Å². The number of nitriles is 1. The highest BCUT2D eigenvalue weighted by Crippen LogP contribution is 2.17. The monoisotopic (exact) mass is 159 g/mol. The normalized spacial score (nSPS) is 9.50. The molecule has 0 aliphatic rings. The van der Waals surface area contributed by atoms with E-state index in [0.717, 1.165) is 17.5 Å².